The van der Waals surface area contributed by atoms with Crippen LogP contribution in [-0.4, -0.2) is 13.2 Å². The van der Waals surface area contributed by atoms with Crippen molar-refractivity contribution in [2.75, 3.05) is 13.2 Å². The molecule has 0 aromatic heterocycles. The monoisotopic (exact) mass is 276 g/mol. The lowest BCUT2D eigenvalue weighted by Crippen LogP contribution is -2.17. The van der Waals surface area contributed by atoms with Gasteiger partial charge in [-0.05, 0) is 30.2 Å². The summed E-state index contributed by atoms with van der Waals surface area (Å²) in [7, 11) is 0. The second-order valence-corrected chi connectivity index (χ2v) is 4.68. The second kappa shape index (κ2) is 5.69. The summed E-state index contributed by atoms with van der Waals surface area (Å²) < 4.78 is 38.3. The van der Waals surface area contributed by atoms with Crippen LogP contribution < -0.4 is 0 Å². The lowest BCUT2D eigenvalue weighted by Gasteiger charge is -2.23. The summed E-state index contributed by atoms with van der Waals surface area (Å²) in [5.41, 5.74) is 1.52. The highest BCUT2D eigenvalue weighted by atomic mass is 19.1. The van der Waals surface area contributed by atoms with Crippen LogP contribution in [0.15, 0.2) is 42.5 Å². The van der Waals surface area contributed by atoms with Crippen LogP contribution in [0.5, 0.6) is 0 Å². The zero-order chi connectivity index (χ0) is 13.9. The molecule has 1 aliphatic heterocycles. The minimum atomic E-state index is -0.514. The SMILES string of the molecule is Fc1cccc(-c2ccc(C3OCCCO3)cc2F)c1. The normalized spacial score (nSPS) is 16.3. The van der Waals surface area contributed by atoms with Crippen molar-refractivity contribution in [3.8, 4) is 11.1 Å². The summed E-state index contributed by atoms with van der Waals surface area (Å²) in [6.45, 7) is 1.22. The standard InChI is InChI=1S/C16H14F2O2/c17-13-4-1-3-11(9-13)14-6-5-12(10-15(14)18)16-19-7-2-8-20-16/h1,3-6,9-10,16H,2,7-8H2. The lowest BCUT2D eigenvalue weighted by atomic mass is 10.0. The van der Waals surface area contributed by atoms with E-state index >= 15 is 0 Å². The molecule has 0 saturated carbocycles. The molecule has 1 heterocycles. The molecule has 2 aromatic rings. The Morgan fingerprint density at radius 1 is 0.950 bits per heavy atom. The van der Waals surface area contributed by atoms with Crippen molar-refractivity contribution in [2.45, 2.75) is 12.7 Å². The number of halogens is 2. The average molecular weight is 276 g/mol. The third-order valence-corrected chi connectivity index (χ3v) is 3.23. The van der Waals surface area contributed by atoms with Gasteiger partial charge in [-0.15, -0.1) is 0 Å². The smallest absolute Gasteiger partial charge is 0.183 e. The molecule has 1 saturated heterocycles. The van der Waals surface area contributed by atoms with Gasteiger partial charge in [-0.25, -0.2) is 8.78 Å². The number of hydrogen-bond donors (Lipinski definition) is 0. The Morgan fingerprint density at radius 2 is 1.75 bits per heavy atom. The molecule has 0 amide bonds. The van der Waals surface area contributed by atoms with Crippen LogP contribution in [0.1, 0.15) is 18.3 Å². The van der Waals surface area contributed by atoms with Gasteiger partial charge in [0.2, 0.25) is 0 Å². The first-order valence-electron chi connectivity index (χ1n) is 6.52. The summed E-state index contributed by atoms with van der Waals surface area (Å²) in [5.74, 6) is -0.796. The van der Waals surface area contributed by atoms with Gasteiger partial charge in [0.1, 0.15) is 11.6 Å². The molecule has 0 unspecified atom stereocenters. The lowest BCUT2D eigenvalue weighted by molar-refractivity contribution is -0.183. The fourth-order valence-corrected chi connectivity index (χ4v) is 2.25. The van der Waals surface area contributed by atoms with Crippen LogP contribution in [0.4, 0.5) is 8.78 Å². The van der Waals surface area contributed by atoms with E-state index in [0.29, 0.717) is 29.9 Å². The molecular weight excluding hydrogens is 262 g/mol. The average Bonchev–Trinajstić information content (AvgIpc) is 2.48. The van der Waals surface area contributed by atoms with E-state index in [1.54, 1.807) is 24.3 Å². The molecule has 4 heteroatoms. The van der Waals surface area contributed by atoms with Crippen molar-refractivity contribution < 1.29 is 18.3 Å². The van der Waals surface area contributed by atoms with Gasteiger partial charge in [-0.1, -0.05) is 24.3 Å². The van der Waals surface area contributed by atoms with Gasteiger partial charge >= 0.3 is 0 Å². The first-order valence-corrected chi connectivity index (χ1v) is 6.52. The van der Waals surface area contributed by atoms with Gasteiger partial charge in [0.15, 0.2) is 6.29 Å². The summed E-state index contributed by atoms with van der Waals surface area (Å²) in [6.07, 6.45) is 0.334. The van der Waals surface area contributed by atoms with Gasteiger partial charge in [0.05, 0.1) is 13.2 Å². The first kappa shape index (κ1) is 13.2. The quantitative estimate of drug-likeness (QED) is 0.823. The van der Waals surface area contributed by atoms with E-state index in [2.05, 4.69) is 0 Å². The maximum Gasteiger partial charge on any atom is 0.183 e. The number of rotatable bonds is 2. The Kier molecular flexibility index (Phi) is 3.76. The van der Waals surface area contributed by atoms with Gasteiger partial charge in [-0.3, -0.25) is 0 Å². The topological polar surface area (TPSA) is 18.5 Å². The van der Waals surface area contributed by atoms with Gasteiger partial charge in [-0.2, -0.15) is 0 Å². The predicted molar refractivity (Wildman–Crippen MR) is 71.1 cm³/mol. The van der Waals surface area contributed by atoms with Gasteiger partial charge in [0, 0.05) is 11.1 Å². The highest BCUT2D eigenvalue weighted by Gasteiger charge is 2.18. The second-order valence-electron chi connectivity index (χ2n) is 4.68. The van der Waals surface area contributed by atoms with E-state index in [1.165, 1.54) is 18.2 Å². The molecule has 0 radical (unpaired) electrons. The minimum absolute atomic E-state index is 0.365. The highest BCUT2D eigenvalue weighted by molar-refractivity contribution is 5.64. The van der Waals surface area contributed by atoms with Crippen LogP contribution in [0.2, 0.25) is 0 Å². The fourth-order valence-electron chi connectivity index (χ4n) is 2.25. The van der Waals surface area contributed by atoms with Crippen LogP contribution in [0.3, 0.4) is 0 Å². The van der Waals surface area contributed by atoms with Crippen molar-refractivity contribution >= 4 is 0 Å². The Morgan fingerprint density at radius 3 is 2.45 bits per heavy atom. The molecule has 1 aliphatic rings. The molecule has 3 rings (SSSR count). The van der Waals surface area contributed by atoms with Crippen molar-refractivity contribution in [1.29, 1.82) is 0 Å². The van der Waals surface area contributed by atoms with E-state index in [-0.39, 0.29) is 5.82 Å². The maximum absolute atomic E-state index is 14.2. The number of hydrogen-bond acceptors (Lipinski definition) is 2. The summed E-state index contributed by atoms with van der Waals surface area (Å²) >= 11 is 0. The molecule has 0 aliphatic carbocycles. The largest absolute Gasteiger partial charge is 0.348 e. The molecule has 0 atom stereocenters. The Labute approximate surface area is 116 Å². The third-order valence-electron chi connectivity index (χ3n) is 3.23. The number of ether oxygens (including phenoxy) is 2. The predicted octanol–water partition coefficient (Wildman–Crippen LogP) is 4.07. The van der Waals surface area contributed by atoms with E-state index in [1.807, 2.05) is 0 Å². The molecule has 0 bridgehead atoms. The summed E-state index contributed by atoms with van der Waals surface area (Å²) in [6, 6.07) is 10.6. The van der Waals surface area contributed by atoms with Gasteiger partial charge < -0.3 is 9.47 Å². The van der Waals surface area contributed by atoms with E-state index in [4.69, 9.17) is 9.47 Å². The van der Waals surface area contributed by atoms with Crippen molar-refractivity contribution in [3.63, 3.8) is 0 Å². The zero-order valence-electron chi connectivity index (χ0n) is 10.8. The van der Waals surface area contributed by atoms with Crippen LogP contribution >= 0.6 is 0 Å². The highest BCUT2D eigenvalue weighted by Crippen LogP contribution is 2.29. The maximum atomic E-state index is 14.2. The molecule has 20 heavy (non-hydrogen) atoms. The Bertz CT molecular complexity index is 607. The van der Waals surface area contributed by atoms with Crippen molar-refractivity contribution in [3.05, 3.63) is 59.7 Å². The molecular formula is C16H14F2O2. The molecule has 1 fully saturated rings. The van der Waals surface area contributed by atoms with Crippen molar-refractivity contribution in [2.24, 2.45) is 0 Å². The van der Waals surface area contributed by atoms with Crippen LogP contribution in [-0.2, 0) is 9.47 Å². The van der Waals surface area contributed by atoms with Crippen LogP contribution in [0, 0.1) is 11.6 Å². The summed E-state index contributed by atoms with van der Waals surface area (Å²) in [4.78, 5) is 0. The summed E-state index contributed by atoms with van der Waals surface area (Å²) in [5, 5.41) is 0. The Hall–Kier alpha value is -1.78. The third kappa shape index (κ3) is 2.71. The van der Waals surface area contributed by atoms with Gasteiger partial charge in [0.25, 0.3) is 0 Å². The molecule has 0 N–H and O–H groups in total. The molecule has 2 aromatic carbocycles. The minimum Gasteiger partial charge on any atom is -0.348 e. The van der Waals surface area contributed by atoms with E-state index < -0.39 is 12.1 Å². The zero-order valence-corrected chi connectivity index (χ0v) is 10.8. The fraction of sp³-hybridized carbons (Fsp3) is 0.250. The van der Waals surface area contributed by atoms with Crippen molar-refractivity contribution in [1.82, 2.24) is 0 Å². The number of benzene rings is 2. The molecule has 0 spiro atoms. The first-order chi connectivity index (χ1) is 9.74. The van der Waals surface area contributed by atoms with E-state index in [0.717, 1.165) is 6.42 Å². The van der Waals surface area contributed by atoms with E-state index in [9.17, 15) is 8.78 Å². The Balaban J connectivity index is 1.91. The van der Waals surface area contributed by atoms with Crippen LogP contribution in [0.25, 0.3) is 11.1 Å². The molecule has 104 valence electrons. The molecule has 2 nitrogen and oxygen atoms in total.